The number of aryl methyl sites for hydroxylation is 1. The molecule has 1 aromatic heterocycles. The summed E-state index contributed by atoms with van der Waals surface area (Å²) in [4.78, 5) is 24.4. The van der Waals surface area contributed by atoms with Crippen LogP contribution in [-0.4, -0.2) is 24.5 Å². The van der Waals surface area contributed by atoms with Gasteiger partial charge in [-0.25, -0.2) is 4.79 Å². The highest BCUT2D eigenvalue weighted by atomic mass is 32.1. The monoisotopic (exact) mass is 303 g/mol. The standard InChI is InChI=1S/C16H17NO3S/c1-4-9-17-15(18)11(3)20-16(19)14-10(2)12-7-5-6-8-13(12)21-14/h4-8,11H,1,9H2,2-3H3,(H,17,18)/t11-/m0/s1. The van der Waals surface area contributed by atoms with Gasteiger partial charge >= 0.3 is 5.97 Å². The van der Waals surface area contributed by atoms with E-state index in [0.29, 0.717) is 11.4 Å². The van der Waals surface area contributed by atoms with Gasteiger partial charge in [0.1, 0.15) is 4.88 Å². The Morgan fingerprint density at radius 2 is 2.14 bits per heavy atom. The minimum atomic E-state index is -0.831. The Morgan fingerprint density at radius 3 is 2.81 bits per heavy atom. The molecular weight excluding hydrogens is 286 g/mol. The number of benzene rings is 1. The van der Waals surface area contributed by atoms with Crippen molar-refractivity contribution in [2.75, 3.05) is 6.54 Å². The second kappa shape index (κ2) is 6.54. The van der Waals surface area contributed by atoms with Crippen molar-refractivity contribution in [3.63, 3.8) is 0 Å². The van der Waals surface area contributed by atoms with Crippen LogP contribution < -0.4 is 5.32 Å². The molecule has 0 aliphatic rings. The zero-order valence-electron chi connectivity index (χ0n) is 12.0. The number of ether oxygens (including phenoxy) is 1. The molecular formula is C16H17NO3S. The van der Waals surface area contributed by atoms with Crippen LogP contribution in [0.2, 0.25) is 0 Å². The second-order valence-corrected chi connectivity index (χ2v) is 5.69. The number of hydrogen-bond donors (Lipinski definition) is 1. The summed E-state index contributed by atoms with van der Waals surface area (Å²) in [6.45, 7) is 7.31. The highest BCUT2D eigenvalue weighted by Crippen LogP contribution is 2.31. The maximum Gasteiger partial charge on any atom is 0.349 e. The van der Waals surface area contributed by atoms with Gasteiger partial charge in [-0.05, 0) is 30.9 Å². The maximum absolute atomic E-state index is 12.2. The van der Waals surface area contributed by atoms with Crippen molar-refractivity contribution in [3.05, 3.63) is 47.4 Å². The quantitative estimate of drug-likeness (QED) is 0.682. The summed E-state index contributed by atoms with van der Waals surface area (Å²) in [6.07, 6.45) is 0.741. The second-order valence-electron chi connectivity index (χ2n) is 4.63. The first-order chi connectivity index (χ1) is 10.0. The van der Waals surface area contributed by atoms with E-state index in [9.17, 15) is 9.59 Å². The molecule has 1 amide bonds. The number of hydrogen-bond acceptors (Lipinski definition) is 4. The van der Waals surface area contributed by atoms with Crippen molar-refractivity contribution in [1.82, 2.24) is 5.32 Å². The van der Waals surface area contributed by atoms with Crippen LogP contribution >= 0.6 is 11.3 Å². The lowest BCUT2D eigenvalue weighted by atomic mass is 10.1. The van der Waals surface area contributed by atoms with E-state index in [1.165, 1.54) is 11.3 Å². The summed E-state index contributed by atoms with van der Waals surface area (Å²) in [7, 11) is 0. The Hall–Kier alpha value is -2.14. The molecule has 1 heterocycles. The van der Waals surface area contributed by atoms with E-state index in [1.54, 1.807) is 13.0 Å². The molecule has 1 aromatic carbocycles. The highest BCUT2D eigenvalue weighted by molar-refractivity contribution is 7.21. The number of thiophene rings is 1. The van der Waals surface area contributed by atoms with Crippen LogP contribution in [0, 0.1) is 6.92 Å². The Bertz CT molecular complexity index is 690. The Morgan fingerprint density at radius 1 is 1.43 bits per heavy atom. The summed E-state index contributed by atoms with van der Waals surface area (Å²) in [5.74, 6) is -0.794. The summed E-state index contributed by atoms with van der Waals surface area (Å²) in [6, 6.07) is 7.80. The van der Waals surface area contributed by atoms with Crippen LogP contribution in [0.15, 0.2) is 36.9 Å². The van der Waals surface area contributed by atoms with E-state index in [-0.39, 0.29) is 5.91 Å². The number of carbonyl (C=O) groups excluding carboxylic acids is 2. The smallest absolute Gasteiger partial charge is 0.349 e. The van der Waals surface area contributed by atoms with Gasteiger partial charge in [0.2, 0.25) is 0 Å². The molecule has 110 valence electrons. The van der Waals surface area contributed by atoms with Crippen LogP contribution in [-0.2, 0) is 9.53 Å². The van der Waals surface area contributed by atoms with E-state index in [4.69, 9.17) is 4.74 Å². The molecule has 1 atom stereocenters. The lowest BCUT2D eigenvalue weighted by molar-refractivity contribution is -0.128. The van der Waals surface area contributed by atoms with Crippen molar-refractivity contribution in [3.8, 4) is 0 Å². The third-order valence-electron chi connectivity index (χ3n) is 3.10. The van der Waals surface area contributed by atoms with Crippen LogP contribution in [0.25, 0.3) is 10.1 Å². The van der Waals surface area contributed by atoms with Crippen LogP contribution in [0.5, 0.6) is 0 Å². The van der Waals surface area contributed by atoms with E-state index in [0.717, 1.165) is 15.6 Å². The number of nitrogens with one attached hydrogen (secondary N) is 1. The van der Waals surface area contributed by atoms with Gasteiger partial charge in [0, 0.05) is 11.2 Å². The Balaban J connectivity index is 2.13. The molecule has 21 heavy (non-hydrogen) atoms. The van der Waals surface area contributed by atoms with Crippen molar-refractivity contribution in [1.29, 1.82) is 0 Å². The number of rotatable bonds is 5. The first kappa shape index (κ1) is 15.3. The van der Waals surface area contributed by atoms with Gasteiger partial charge in [-0.3, -0.25) is 4.79 Å². The molecule has 2 aromatic rings. The molecule has 0 saturated heterocycles. The van der Waals surface area contributed by atoms with Crippen molar-refractivity contribution < 1.29 is 14.3 Å². The molecule has 2 rings (SSSR count). The fraction of sp³-hybridized carbons (Fsp3) is 0.250. The topological polar surface area (TPSA) is 55.4 Å². The summed E-state index contributed by atoms with van der Waals surface area (Å²) in [5.41, 5.74) is 0.888. The normalized spacial score (nSPS) is 11.9. The zero-order chi connectivity index (χ0) is 15.4. The highest BCUT2D eigenvalue weighted by Gasteiger charge is 2.22. The Labute approximate surface area is 127 Å². The first-order valence-electron chi connectivity index (χ1n) is 6.62. The lowest BCUT2D eigenvalue weighted by Gasteiger charge is -2.12. The fourth-order valence-electron chi connectivity index (χ4n) is 1.95. The molecule has 0 fully saturated rings. The first-order valence-corrected chi connectivity index (χ1v) is 7.44. The van der Waals surface area contributed by atoms with E-state index < -0.39 is 12.1 Å². The molecule has 0 unspecified atom stereocenters. The molecule has 1 N–H and O–H groups in total. The number of esters is 1. The molecule has 0 aliphatic heterocycles. The van der Waals surface area contributed by atoms with Crippen LogP contribution in [0.4, 0.5) is 0 Å². The third kappa shape index (κ3) is 3.31. The maximum atomic E-state index is 12.2. The molecule has 0 saturated carbocycles. The van der Waals surface area contributed by atoms with Gasteiger partial charge in [0.15, 0.2) is 6.10 Å². The largest absolute Gasteiger partial charge is 0.448 e. The number of fused-ring (bicyclic) bond motifs is 1. The summed E-state index contributed by atoms with van der Waals surface area (Å²) in [5, 5.41) is 3.64. The molecule has 0 bridgehead atoms. The number of carbonyl (C=O) groups is 2. The van der Waals surface area contributed by atoms with Crippen molar-refractivity contribution >= 4 is 33.3 Å². The Kier molecular flexibility index (Phi) is 4.75. The van der Waals surface area contributed by atoms with Gasteiger partial charge in [-0.1, -0.05) is 24.3 Å². The van der Waals surface area contributed by atoms with Gasteiger partial charge in [-0.2, -0.15) is 0 Å². The SMILES string of the molecule is C=CCNC(=O)[C@H](C)OC(=O)c1sc2ccccc2c1C. The molecule has 4 nitrogen and oxygen atoms in total. The zero-order valence-corrected chi connectivity index (χ0v) is 12.8. The fourth-order valence-corrected chi connectivity index (χ4v) is 3.05. The predicted molar refractivity (Wildman–Crippen MR) is 84.6 cm³/mol. The molecule has 0 aliphatic carbocycles. The summed E-state index contributed by atoms with van der Waals surface area (Å²) < 4.78 is 6.26. The minimum absolute atomic E-state index is 0.331. The average molecular weight is 303 g/mol. The van der Waals surface area contributed by atoms with Crippen molar-refractivity contribution in [2.45, 2.75) is 20.0 Å². The molecule has 0 radical (unpaired) electrons. The van der Waals surface area contributed by atoms with Crippen molar-refractivity contribution in [2.24, 2.45) is 0 Å². The lowest BCUT2D eigenvalue weighted by Crippen LogP contribution is -2.35. The summed E-state index contributed by atoms with van der Waals surface area (Å²) >= 11 is 1.38. The number of amides is 1. The predicted octanol–water partition coefficient (Wildman–Crippen LogP) is 3.06. The van der Waals surface area contributed by atoms with Gasteiger partial charge in [0.05, 0.1) is 0 Å². The molecule has 5 heteroatoms. The van der Waals surface area contributed by atoms with E-state index in [1.807, 2.05) is 31.2 Å². The van der Waals surface area contributed by atoms with Crippen LogP contribution in [0.1, 0.15) is 22.2 Å². The van der Waals surface area contributed by atoms with E-state index >= 15 is 0 Å². The average Bonchev–Trinajstić information content (AvgIpc) is 2.82. The van der Waals surface area contributed by atoms with Gasteiger partial charge in [-0.15, -0.1) is 17.9 Å². The van der Waals surface area contributed by atoms with E-state index in [2.05, 4.69) is 11.9 Å². The minimum Gasteiger partial charge on any atom is -0.448 e. The van der Waals surface area contributed by atoms with Gasteiger partial charge < -0.3 is 10.1 Å². The van der Waals surface area contributed by atoms with Crippen LogP contribution in [0.3, 0.4) is 0 Å². The van der Waals surface area contributed by atoms with Gasteiger partial charge in [0.25, 0.3) is 5.91 Å². The third-order valence-corrected chi connectivity index (χ3v) is 4.36. The molecule has 0 spiro atoms.